The molecule has 6 aliphatic carbocycles. The van der Waals surface area contributed by atoms with Crippen LogP contribution in [-0.2, 0) is 39.1 Å². The molecule has 1 heterocycles. The predicted octanol–water partition coefficient (Wildman–Crippen LogP) is 3.27. The summed E-state index contributed by atoms with van der Waals surface area (Å²) in [6.07, 6.45) is 5.92. The number of nitrogens with one attached hydrogen (secondary N) is 5. The van der Waals surface area contributed by atoms with Gasteiger partial charge in [0.15, 0.2) is 6.35 Å². The summed E-state index contributed by atoms with van der Waals surface area (Å²) in [4.78, 5) is 0. The number of ether oxygens (including phenoxy) is 2. The average Bonchev–Trinajstić information content (AvgIpc) is 3.29. The summed E-state index contributed by atoms with van der Waals surface area (Å²) < 4.78 is 82.5. The quantitative estimate of drug-likeness (QED) is 0.0329. The highest BCUT2D eigenvalue weighted by Crippen LogP contribution is 2.46. The Morgan fingerprint density at radius 1 is 0.603 bits per heavy atom. The van der Waals surface area contributed by atoms with Crippen LogP contribution in [-0.4, -0.2) is 157 Å². The van der Waals surface area contributed by atoms with E-state index in [9.17, 15) is 36.2 Å². The smallest absolute Gasteiger partial charge is 0.267 e. The molecule has 0 aromatic heterocycles. The van der Waals surface area contributed by atoms with Gasteiger partial charge < -0.3 is 19.7 Å². The third-order valence-electron chi connectivity index (χ3n) is 15.9. The summed E-state index contributed by atoms with van der Waals surface area (Å²) in [6, 6.07) is -1.47. The molecule has 27 heteroatoms. The Morgan fingerprint density at radius 2 is 1.16 bits per heavy atom. The Labute approximate surface area is 404 Å². The second-order valence-electron chi connectivity index (χ2n) is 20.4. The number of hydrogen-bond acceptors (Lipinski definition) is 23. The highest BCUT2D eigenvalue weighted by atomic mass is 32.2. The van der Waals surface area contributed by atoms with E-state index in [4.69, 9.17) is 44.6 Å². The number of fused-ring (bicyclic) bond motifs is 1. The molecule has 6 saturated carbocycles. The predicted molar refractivity (Wildman–Crippen MR) is 248 cm³/mol. The molecule has 68 heavy (non-hydrogen) atoms. The molecule has 0 aromatic rings. The van der Waals surface area contributed by atoms with E-state index < -0.39 is 67.1 Å². The lowest BCUT2D eigenvalue weighted by molar-refractivity contribution is -0.432. The molecule has 1 saturated heterocycles. The Kier molecular flexibility index (Phi) is 19.5. The monoisotopic (exact) mass is 1030 g/mol. The van der Waals surface area contributed by atoms with Crippen molar-refractivity contribution >= 4 is 32.3 Å². The Hall–Kier alpha value is -1.51. The number of azo groups is 3. The van der Waals surface area contributed by atoms with Crippen LogP contribution in [0.3, 0.4) is 0 Å². The SMILES string of the molecule is COC1CC(N=NC2CCC(S(=O)(=O)O)CC2)C(C)CC1N=NC1CC(OC)C(N=NC2C(SOOO)CC3CC(NC4NC(O)NC(NC5CCCC(S(=O)(=O)O)C5)N4)CCC3C2O)CC1C. The molecule has 0 aromatic carbocycles. The molecule has 7 rings (SSSR count). The molecule has 7 fully saturated rings. The molecule has 7 aliphatic rings. The van der Waals surface area contributed by atoms with E-state index in [1.54, 1.807) is 14.2 Å². The van der Waals surface area contributed by atoms with Gasteiger partial charge in [0.25, 0.3) is 20.2 Å². The zero-order valence-corrected chi connectivity index (χ0v) is 41.8. The molecule has 10 N–H and O–H groups in total. The zero-order valence-electron chi connectivity index (χ0n) is 39.3. The van der Waals surface area contributed by atoms with E-state index in [1.807, 2.05) is 0 Å². The summed E-state index contributed by atoms with van der Waals surface area (Å²) in [7, 11) is -4.85. The van der Waals surface area contributed by atoms with Gasteiger partial charge in [0, 0.05) is 51.2 Å². The molecule has 390 valence electrons. The molecule has 24 nitrogen and oxygen atoms in total. The Morgan fingerprint density at radius 3 is 1.74 bits per heavy atom. The first-order chi connectivity index (χ1) is 32.4. The van der Waals surface area contributed by atoms with Crippen LogP contribution in [0.1, 0.15) is 117 Å². The maximum atomic E-state index is 11.9. The summed E-state index contributed by atoms with van der Waals surface area (Å²) in [6.45, 7) is 4.25. The molecule has 0 radical (unpaired) electrons. The van der Waals surface area contributed by atoms with Crippen LogP contribution in [0.5, 0.6) is 0 Å². The van der Waals surface area contributed by atoms with Gasteiger partial charge in [0.1, 0.15) is 18.6 Å². The maximum absolute atomic E-state index is 11.9. The molecule has 0 amide bonds. The second-order valence-corrected chi connectivity index (χ2v) is 24.7. The molecule has 19 atom stereocenters. The van der Waals surface area contributed by atoms with Gasteiger partial charge in [-0.3, -0.25) is 35.7 Å². The van der Waals surface area contributed by atoms with Crippen molar-refractivity contribution in [1.29, 1.82) is 0 Å². The third kappa shape index (κ3) is 14.4. The number of aliphatic hydroxyl groups excluding tert-OH is 2. The fraction of sp³-hybridized carbons (Fsp3) is 1.00. The van der Waals surface area contributed by atoms with Gasteiger partial charge in [0.05, 0.1) is 64.3 Å². The normalized spacial score (nSPS) is 44.6. The highest BCUT2D eigenvalue weighted by molar-refractivity contribution is 7.95. The standard InChI is InChI=1S/C41H75N11O13S3/c1-21-14-32(34(62-3)19-30(21)48-47-24-8-11-27(12-9-24)67(56,57)58)50-49-31-20-35(63-4)33(15-22(31)2)51-52-37-36(66-65-64-55)17-23-16-26(10-13-29(23)38(37)53)43-40-44-39(45-41(54)46-40)42-25-6-5-7-28(18-25)68(59,60)61/h21-46,53-55H,5-20H2,1-4H3,(H,56,57,58)(H,59,60,61). The van der Waals surface area contributed by atoms with E-state index in [2.05, 4.69) is 50.6 Å². The zero-order chi connectivity index (χ0) is 48.8. The van der Waals surface area contributed by atoms with Crippen molar-refractivity contribution in [2.75, 3.05) is 14.2 Å². The van der Waals surface area contributed by atoms with Crippen LogP contribution >= 0.6 is 12.0 Å². The number of nitrogens with zero attached hydrogens (tertiary/aromatic N) is 6. The Bertz CT molecular complexity index is 1930. The van der Waals surface area contributed by atoms with Crippen LogP contribution < -0.4 is 26.6 Å². The topological polar surface area (TPSA) is 341 Å². The van der Waals surface area contributed by atoms with Crippen LogP contribution in [0.4, 0.5) is 0 Å². The molecular weight excluding hydrogens is 951 g/mol. The van der Waals surface area contributed by atoms with Gasteiger partial charge in [-0.05, 0) is 107 Å². The minimum absolute atomic E-state index is 0.0183. The van der Waals surface area contributed by atoms with Crippen molar-refractivity contribution in [1.82, 2.24) is 26.6 Å². The molecule has 0 bridgehead atoms. The first-order valence-electron chi connectivity index (χ1n) is 24.4. The van der Waals surface area contributed by atoms with Gasteiger partial charge in [-0.15, -0.1) is 4.33 Å². The van der Waals surface area contributed by atoms with E-state index >= 15 is 0 Å². The molecule has 1 aliphatic heterocycles. The van der Waals surface area contributed by atoms with E-state index in [0.717, 1.165) is 31.3 Å². The van der Waals surface area contributed by atoms with Crippen LogP contribution in [0.25, 0.3) is 0 Å². The lowest BCUT2D eigenvalue weighted by Gasteiger charge is -2.48. The van der Waals surface area contributed by atoms with Crippen molar-refractivity contribution in [3.63, 3.8) is 0 Å². The van der Waals surface area contributed by atoms with Crippen molar-refractivity contribution < 1.29 is 60.3 Å². The van der Waals surface area contributed by atoms with Gasteiger partial charge >= 0.3 is 0 Å². The molecule has 0 spiro atoms. The number of rotatable bonds is 17. The number of aliphatic hydroxyl groups is 2. The van der Waals surface area contributed by atoms with Crippen molar-refractivity contribution in [3.05, 3.63) is 0 Å². The van der Waals surface area contributed by atoms with Crippen LogP contribution in [0.15, 0.2) is 30.7 Å². The fourth-order valence-electron chi connectivity index (χ4n) is 11.9. The minimum Gasteiger partial charge on any atom is -0.390 e. The highest BCUT2D eigenvalue weighted by Gasteiger charge is 2.49. The minimum atomic E-state index is -4.14. The summed E-state index contributed by atoms with van der Waals surface area (Å²) in [5.41, 5.74) is 0. The van der Waals surface area contributed by atoms with Gasteiger partial charge in [-0.1, -0.05) is 25.3 Å². The lowest BCUT2D eigenvalue weighted by atomic mass is 9.66. The third-order valence-corrected chi connectivity index (χ3v) is 19.3. The fourth-order valence-corrected chi connectivity index (χ4v) is 14.5. The van der Waals surface area contributed by atoms with Gasteiger partial charge in [0.2, 0.25) is 0 Å². The molecular formula is C41H75N11O13S3. The first kappa shape index (κ1) is 54.3. The average molecular weight is 1030 g/mol. The van der Waals surface area contributed by atoms with Crippen molar-refractivity contribution in [3.8, 4) is 0 Å². The maximum Gasteiger partial charge on any atom is 0.267 e. The number of hydrogen-bond donors (Lipinski definition) is 10. The van der Waals surface area contributed by atoms with E-state index in [1.165, 1.54) is 0 Å². The second kappa shape index (κ2) is 24.5. The van der Waals surface area contributed by atoms with Gasteiger partial charge in [-0.25, -0.2) is 5.26 Å². The Balaban J connectivity index is 0.904. The summed E-state index contributed by atoms with van der Waals surface area (Å²) in [5.74, 6) is 0.294. The van der Waals surface area contributed by atoms with Gasteiger partial charge in [-0.2, -0.15) is 47.5 Å². The largest absolute Gasteiger partial charge is 0.390 e. The van der Waals surface area contributed by atoms with Crippen molar-refractivity contribution in [2.45, 2.75) is 218 Å². The molecule has 19 unspecified atom stereocenters. The van der Waals surface area contributed by atoms with Crippen molar-refractivity contribution in [2.24, 2.45) is 54.4 Å². The van der Waals surface area contributed by atoms with Crippen LogP contribution in [0, 0.1) is 23.7 Å². The van der Waals surface area contributed by atoms with E-state index in [0.29, 0.717) is 77.0 Å². The lowest BCUT2D eigenvalue weighted by Crippen LogP contribution is -2.76. The first-order valence-corrected chi connectivity index (χ1v) is 28.2. The number of methoxy groups -OCH3 is 2. The summed E-state index contributed by atoms with van der Waals surface area (Å²) >= 11 is 0.907. The summed E-state index contributed by atoms with van der Waals surface area (Å²) in [5, 5.41) is 78.6. The van der Waals surface area contributed by atoms with E-state index in [-0.39, 0.29) is 84.6 Å². The van der Waals surface area contributed by atoms with Crippen LogP contribution in [0.2, 0.25) is 0 Å².